The molecule has 0 amide bonds. The molecule has 0 aromatic carbocycles. The zero-order valence-corrected chi connectivity index (χ0v) is 5.95. The lowest BCUT2D eigenvalue weighted by atomic mass is 9.98. The molecular weight excluding hydrogens is 128 g/mol. The SMILES string of the molecule is O=CCC(CC=O)C1CC1. The van der Waals surface area contributed by atoms with E-state index in [1.54, 1.807) is 0 Å². The van der Waals surface area contributed by atoms with Gasteiger partial charge in [0.25, 0.3) is 0 Å². The maximum Gasteiger partial charge on any atom is 0.120 e. The van der Waals surface area contributed by atoms with E-state index < -0.39 is 0 Å². The van der Waals surface area contributed by atoms with Gasteiger partial charge in [-0.1, -0.05) is 0 Å². The smallest absolute Gasteiger partial charge is 0.120 e. The van der Waals surface area contributed by atoms with Crippen LogP contribution in [0.2, 0.25) is 0 Å². The summed E-state index contributed by atoms with van der Waals surface area (Å²) in [5, 5.41) is 0. The summed E-state index contributed by atoms with van der Waals surface area (Å²) in [4.78, 5) is 20.2. The Hall–Kier alpha value is -0.660. The van der Waals surface area contributed by atoms with Gasteiger partial charge in [0.15, 0.2) is 0 Å². The molecule has 2 heteroatoms. The van der Waals surface area contributed by atoms with E-state index in [0.717, 1.165) is 12.6 Å². The van der Waals surface area contributed by atoms with E-state index in [4.69, 9.17) is 0 Å². The molecule has 1 saturated carbocycles. The zero-order valence-electron chi connectivity index (χ0n) is 5.95. The van der Waals surface area contributed by atoms with Gasteiger partial charge in [-0.15, -0.1) is 0 Å². The first-order valence-electron chi connectivity index (χ1n) is 3.75. The van der Waals surface area contributed by atoms with Crippen LogP contribution in [0, 0.1) is 11.8 Å². The molecule has 1 fully saturated rings. The summed E-state index contributed by atoms with van der Waals surface area (Å²) in [6.45, 7) is 0. The maximum absolute atomic E-state index is 10.1. The standard InChI is InChI=1S/C8H12O2/c9-5-3-8(4-6-10)7-1-2-7/h5-8H,1-4H2. The quantitative estimate of drug-likeness (QED) is 0.537. The summed E-state index contributed by atoms with van der Waals surface area (Å²) < 4.78 is 0. The lowest BCUT2D eigenvalue weighted by molar-refractivity contribution is -0.110. The maximum atomic E-state index is 10.1. The molecule has 0 bridgehead atoms. The number of rotatable bonds is 5. The third kappa shape index (κ3) is 1.94. The minimum Gasteiger partial charge on any atom is -0.303 e. The number of hydrogen-bond donors (Lipinski definition) is 0. The molecule has 1 aliphatic carbocycles. The first-order chi connectivity index (χ1) is 4.88. The molecule has 0 atom stereocenters. The van der Waals surface area contributed by atoms with Crippen molar-refractivity contribution in [2.75, 3.05) is 0 Å². The van der Waals surface area contributed by atoms with Crippen LogP contribution in [0.1, 0.15) is 25.7 Å². The van der Waals surface area contributed by atoms with Crippen molar-refractivity contribution in [1.82, 2.24) is 0 Å². The molecule has 0 heterocycles. The summed E-state index contributed by atoms with van der Waals surface area (Å²) >= 11 is 0. The van der Waals surface area contributed by atoms with E-state index in [-0.39, 0.29) is 0 Å². The Labute approximate surface area is 60.6 Å². The van der Waals surface area contributed by atoms with E-state index in [9.17, 15) is 9.59 Å². The van der Waals surface area contributed by atoms with Gasteiger partial charge in [0, 0.05) is 12.8 Å². The van der Waals surface area contributed by atoms with Gasteiger partial charge in [-0.05, 0) is 24.7 Å². The normalized spacial score (nSPS) is 17.3. The highest BCUT2D eigenvalue weighted by atomic mass is 16.1. The molecule has 10 heavy (non-hydrogen) atoms. The monoisotopic (exact) mass is 140 g/mol. The number of carbonyl (C=O) groups excluding carboxylic acids is 2. The molecule has 1 rings (SSSR count). The van der Waals surface area contributed by atoms with Crippen LogP contribution < -0.4 is 0 Å². The number of carbonyl (C=O) groups is 2. The first-order valence-corrected chi connectivity index (χ1v) is 3.75. The van der Waals surface area contributed by atoms with Crippen LogP contribution in [0.4, 0.5) is 0 Å². The second kappa shape index (κ2) is 3.49. The average molecular weight is 140 g/mol. The fraction of sp³-hybridized carbons (Fsp3) is 0.750. The Bertz CT molecular complexity index is 117. The Kier molecular flexibility index (Phi) is 2.60. The molecule has 2 nitrogen and oxygen atoms in total. The van der Waals surface area contributed by atoms with Gasteiger partial charge >= 0.3 is 0 Å². The molecule has 0 N–H and O–H groups in total. The molecule has 0 aliphatic heterocycles. The molecule has 1 aliphatic rings. The second-order valence-corrected chi connectivity index (χ2v) is 2.90. The Morgan fingerprint density at radius 3 is 2.00 bits per heavy atom. The van der Waals surface area contributed by atoms with Gasteiger partial charge in [0.2, 0.25) is 0 Å². The highest BCUT2D eigenvalue weighted by Crippen LogP contribution is 2.39. The molecule has 0 unspecified atom stereocenters. The van der Waals surface area contributed by atoms with E-state index >= 15 is 0 Å². The van der Waals surface area contributed by atoms with Crippen molar-refractivity contribution in [2.45, 2.75) is 25.7 Å². The van der Waals surface area contributed by atoms with Gasteiger partial charge in [-0.3, -0.25) is 0 Å². The Balaban J connectivity index is 2.25. The largest absolute Gasteiger partial charge is 0.303 e. The van der Waals surface area contributed by atoms with Crippen molar-refractivity contribution in [3.05, 3.63) is 0 Å². The fourth-order valence-corrected chi connectivity index (χ4v) is 1.30. The predicted octanol–water partition coefficient (Wildman–Crippen LogP) is 1.19. The molecule has 0 aromatic heterocycles. The number of aldehydes is 2. The van der Waals surface area contributed by atoms with Crippen molar-refractivity contribution < 1.29 is 9.59 Å². The summed E-state index contributed by atoms with van der Waals surface area (Å²) in [7, 11) is 0. The van der Waals surface area contributed by atoms with Crippen molar-refractivity contribution in [1.29, 1.82) is 0 Å². The van der Waals surface area contributed by atoms with E-state index in [1.165, 1.54) is 12.8 Å². The molecule has 56 valence electrons. The highest BCUT2D eigenvalue weighted by Gasteiger charge is 2.30. The Morgan fingerprint density at radius 1 is 1.20 bits per heavy atom. The first kappa shape index (κ1) is 7.45. The topological polar surface area (TPSA) is 34.1 Å². The zero-order chi connectivity index (χ0) is 7.40. The van der Waals surface area contributed by atoms with E-state index in [1.807, 2.05) is 0 Å². The Morgan fingerprint density at radius 2 is 1.70 bits per heavy atom. The van der Waals surface area contributed by atoms with E-state index in [2.05, 4.69) is 0 Å². The van der Waals surface area contributed by atoms with Crippen LogP contribution in [-0.4, -0.2) is 12.6 Å². The third-order valence-electron chi connectivity index (χ3n) is 2.09. The summed E-state index contributed by atoms with van der Waals surface area (Å²) in [6.07, 6.45) is 5.42. The van der Waals surface area contributed by atoms with Crippen molar-refractivity contribution in [3.63, 3.8) is 0 Å². The van der Waals surface area contributed by atoms with Crippen LogP contribution >= 0.6 is 0 Å². The van der Waals surface area contributed by atoms with Crippen molar-refractivity contribution >= 4 is 12.6 Å². The van der Waals surface area contributed by atoms with Gasteiger partial charge in [-0.2, -0.15) is 0 Å². The minimum absolute atomic E-state index is 0.356. The van der Waals surface area contributed by atoms with E-state index in [0.29, 0.717) is 24.7 Å². The van der Waals surface area contributed by atoms with Crippen LogP contribution in [-0.2, 0) is 9.59 Å². The van der Waals surface area contributed by atoms with Crippen LogP contribution in [0.3, 0.4) is 0 Å². The van der Waals surface area contributed by atoms with Crippen molar-refractivity contribution in [3.8, 4) is 0 Å². The van der Waals surface area contributed by atoms with Gasteiger partial charge in [-0.25, -0.2) is 0 Å². The lowest BCUT2D eigenvalue weighted by Crippen LogP contribution is -2.03. The summed E-state index contributed by atoms with van der Waals surface area (Å²) in [6, 6.07) is 0. The molecular formula is C8H12O2. The van der Waals surface area contributed by atoms with Crippen molar-refractivity contribution in [2.24, 2.45) is 11.8 Å². The van der Waals surface area contributed by atoms with Crippen LogP contribution in [0.15, 0.2) is 0 Å². The van der Waals surface area contributed by atoms with Crippen LogP contribution in [0.5, 0.6) is 0 Å². The van der Waals surface area contributed by atoms with Crippen LogP contribution in [0.25, 0.3) is 0 Å². The minimum atomic E-state index is 0.356. The average Bonchev–Trinajstić information content (AvgIpc) is 2.69. The highest BCUT2D eigenvalue weighted by molar-refractivity contribution is 5.54. The number of hydrogen-bond acceptors (Lipinski definition) is 2. The third-order valence-corrected chi connectivity index (χ3v) is 2.09. The summed E-state index contributed by atoms with van der Waals surface area (Å²) in [5.74, 6) is 1.03. The fourth-order valence-electron chi connectivity index (χ4n) is 1.30. The molecule has 0 saturated heterocycles. The predicted molar refractivity (Wildman–Crippen MR) is 37.6 cm³/mol. The van der Waals surface area contributed by atoms with Gasteiger partial charge < -0.3 is 9.59 Å². The lowest BCUT2D eigenvalue weighted by Gasteiger charge is -2.06. The van der Waals surface area contributed by atoms with Gasteiger partial charge in [0.1, 0.15) is 12.6 Å². The second-order valence-electron chi connectivity index (χ2n) is 2.90. The molecule has 0 radical (unpaired) electrons. The molecule has 0 aromatic rings. The van der Waals surface area contributed by atoms with Gasteiger partial charge in [0.05, 0.1) is 0 Å². The molecule has 0 spiro atoms. The summed E-state index contributed by atoms with van der Waals surface area (Å²) in [5.41, 5.74) is 0.